The number of nitrogens with zero attached hydrogens (tertiary/aromatic N) is 1. The lowest BCUT2D eigenvalue weighted by Crippen LogP contribution is -2.48. The van der Waals surface area contributed by atoms with E-state index < -0.39 is 23.0 Å². The zero-order chi connectivity index (χ0) is 16.7. The highest BCUT2D eigenvalue weighted by Crippen LogP contribution is 2.18. The molecule has 0 aliphatic carbocycles. The largest absolute Gasteiger partial charge is 0.374 e. The maximum absolute atomic E-state index is 12.3. The number of carbonyl (C=O) groups excluding carboxylic acids is 1. The normalized spacial score (nSPS) is 13.1. The van der Waals surface area contributed by atoms with Gasteiger partial charge >= 0.3 is 0 Å². The number of hydrogen-bond donors (Lipinski definition) is 2. The number of amides is 1. The van der Waals surface area contributed by atoms with Crippen LogP contribution in [0, 0.1) is 10.1 Å². The van der Waals surface area contributed by atoms with Gasteiger partial charge in [0, 0.05) is 10.6 Å². The van der Waals surface area contributed by atoms with E-state index in [0.29, 0.717) is 12.1 Å². The van der Waals surface area contributed by atoms with E-state index in [1.165, 1.54) is 0 Å². The maximum atomic E-state index is 12.3. The van der Waals surface area contributed by atoms with Crippen LogP contribution in [0.2, 0.25) is 0 Å². The molecular weight excluding hydrogens is 296 g/mol. The van der Waals surface area contributed by atoms with E-state index in [1.54, 1.807) is 30.3 Å². The lowest BCUT2D eigenvalue weighted by molar-refractivity contribution is -0.496. The Balaban J connectivity index is 2.10. The molecule has 0 heterocycles. The summed E-state index contributed by atoms with van der Waals surface area (Å²) in [7, 11) is 0. The first-order chi connectivity index (χ1) is 11.0. The minimum Gasteiger partial charge on any atom is -0.374 e. The standard InChI is InChI=1S/C17H18N2O4/c20-16(18-15-9-5-2-6-10-15)17(21,13-19(22)23)12-11-14-7-3-1-4-8-14/h1-10,21H,11-13H2,(H,18,20)/t17-/m0/s1. The van der Waals surface area contributed by atoms with E-state index in [2.05, 4.69) is 5.32 Å². The molecule has 0 aliphatic rings. The van der Waals surface area contributed by atoms with Gasteiger partial charge in [-0.05, 0) is 30.5 Å². The predicted octanol–water partition coefficient (Wildman–Crippen LogP) is 2.27. The molecule has 2 N–H and O–H groups in total. The zero-order valence-electron chi connectivity index (χ0n) is 12.5. The van der Waals surface area contributed by atoms with E-state index >= 15 is 0 Å². The van der Waals surface area contributed by atoms with Gasteiger partial charge in [-0.25, -0.2) is 0 Å². The van der Waals surface area contributed by atoms with Crippen molar-refractivity contribution in [2.45, 2.75) is 18.4 Å². The number of anilines is 1. The third-order valence-corrected chi connectivity index (χ3v) is 3.52. The SMILES string of the molecule is O=C(Nc1ccccc1)[C@](O)(CCc1ccccc1)C[N+](=O)[O-]. The van der Waals surface area contributed by atoms with Crippen molar-refractivity contribution in [3.8, 4) is 0 Å². The average molecular weight is 314 g/mol. The number of para-hydroxylation sites is 1. The van der Waals surface area contributed by atoms with Gasteiger partial charge in [0.2, 0.25) is 12.1 Å². The van der Waals surface area contributed by atoms with Crippen molar-refractivity contribution >= 4 is 11.6 Å². The molecule has 2 rings (SSSR count). The summed E-state index contributed by atoms with van der Waals surface area (Å²) in [5, 5.41) is 23.9. The molecule has 0 saturated heterocycles. The van der Waals surface area contributed by atoms with E-state index in [4.69, 9.17) is 0 Å². The molecule has 2 aromatic carbocycles. The summed E-state index contributed by atoms with van der Waals surface area (Å²) in [5.41, 5.74) is -0.671. The summed E-state index contributed by atoms with van der Waals surface area (Å²) in [4.78, 5) is 22.5. The molecule has 0 aromatic heterocycles. The summed E-state index contributed by atoms with van der Waals surface area (Å²) in [6.45, 7) is -0.835. The number of nitrogens with one attached hydrogen (secondary N) is 1. The quantitative estimate of drug-likeness (QED) is 0.605. The molecule has 0 radical (unpaired) electrons. The van der Waals surface area contributed by atoms with Crippen LogP contribution in [0.4, 0.5) is 5.69 Å². The summed E-state index contributed by atoms with van der Waals surface area (Å²) in [6, 6.07) is 17.8. The zero-order valence-corrected chi connectivity index (χ0v) is 12.5. The Bertz CT molecular complexity index is 661. The molecular formula is C17H18N2O4. The first-order valence-electron chi connectivity index (χ1n) is 7.24. The lowest BCUT2D eigenvalue weighted by atomic mass is 9.93. The number of rotatable bonds is 7. The monoisotopic (exact) mass is 314 g/mol. The van der Waals surface area contributed by atoms with Gasteiger partial charge in [-0.1, -0.05) is 48.5 Å². The lowest BCUT2D eigenvalue weighted by Gasteiger charge is -2.23. The van der Waals surface area contributed by atoms with Gasteiger partial charge in [-0.15, -0.1) is 0 Å². The summed E-state index contributed by atoms with van der Waals surface area (Å²) >= 11 is 0. The van der Waals surface area contributed by atoms with E-state index in [9.17, 15) is 20.0 Å². The van der Waals surface area contributed by atoms with Crippen molar-refractivity contribution in [1.82, 2.24) is 0 Å². The topological polar surface area (TPSA) is 92.5 Å². The van der Waals surface area contributed by atoms with Crippen molar-refractivity contribution in [2.75, 3.05) is 11.9 Å². The number of hydrogen-bond acceptors (Lipinski definition) is 4. The number of nitro groups is 1. The van der Waals surface area contributed by atoms with Crippen molar-refractivity contribution in [1.29, 1.82) is 0 Å². The van der Waals surface area contributed by atoms with Crippen LogP contribution in [0.25, 0.3) is 0 Å². The van der Waals surface area contributed by atoms with E-state index in [-0.39, 0.29) is 6.42 Å². The molecule has 2 aromatic rings. The van der Waals surface area contributed by atoms with Crippen LogP contribution < -0.4 is 5.32 Å². The van der Waals surface area contributed by atoms with Gasteiger partial charge < -0.3 is 10.4 Å². The maximum Gasteiger partial charge on any atom is 0.263 e. The molecule has 0 saturated carbocycles. The average Bonchev–Trinajstić information content (AvgIpc) is 2.54. The van der Waals surface area contributed by atoms with Crippen molar-refractivity contribution in [2.24, 2.45) is 0 Å². The molecule has 1 atom stereocenters. The smallest absolute Gasteiger partial charge is 0.263 e. The Morgan fingerprint density at radius 1 is 1.09 bits per heavy atom. The number of aliphatic hydroxyl groups is 1. The first kappa shape index (κ1) is 16.6. The third kappa shape index (κ3) is 4.89. The van der Waals surface area contributed by atoms with Gasteiger partial charge in [0.25, 0.3) is 5.91 Å². The fraction of sp³-hybridized carbons (Fsp3) is 0.235. The van der Waals surface area contributed by atoms with Crippen LogP contribution >= 0.6 is 0 Å². The van der Waals surface area contributed by atoms with Crippen LogP contribution in [-0.2, 0) is 11.2 Å². The van der Waals surface area contributed by atoms with Crippen LogP contribution in [0.1, 0.15) is 12.0 Å². The molecule has 1 amide bonds. The third-order valence-electron chi connectivity index (χ3n) is 3.52. The molecule has 0 bridgehead atoms. The Morgan fingerprint density at radius 2 is 1.65 bits per heavy atom. The summed E-state index contributed by atoms with van der Waals surface area (Å²) < 4.78 is 0. The molecule has 0 unspecified atom stereocenters. The second-order valence-electron chi connectivity index (χ2n) is 5.33. The highest BCUT2D eigenvalue weighted by Gasteiger charge is 2.41. The number of benzene rings is 2. The van der Waals surface area contributed by atoms with Crippen molar-refractivity contribution in [3.05, 3.63) is 76.3 Å². The molecule has 23 heavy (non-hydrogen) atoms. The fourth-order valence-corrected chi connectivity index (χ4v) is 2.24. The van der Waals surface area contributed by atoms with E-state index in [1.807, 2.05) is 30.3 Å². The first-order valence-corrected chi connectivity index (χ1v) is 7.24. The van der Waals surface area contributed by atoms with Crippen LogP contribution in [-0.4, -0.2) is 28.1 Å². The van der Waals surface area contributed by atoms with Crippen molar-refractivity contribution in [3.63, 3.8) is 0 Å². The Hall–Kier alpha value is -2.73. The molecule has 0 aliphatic heterocycles. The van der Waals surface area contributed by atoms with Crippen LogP contribution in [0.3, 0.4) is 0 Å². The van der Waals surface area contributed by atoms with Crippen LogP contribution in [0.15, 0.2) is 60.7 Å². The fourth-order valence-electron chi connectivity index (χ4n) is 2.24. The Morgan fingerprint density at radius 3 is 2.22 bits per heavy atom. The molecule has 120 valence electrons. The second kappa shape index (κ2) is 7.51. The van der Waals surface area contributed by atoms with Gasteiger partial charge in [-0.2, -0.15) is 0 Å². The highest BCUT2D eigenvalue weighted by atomic mass is 16.6. The minimum atomic E-state index is -2.06. The summed E-state index contributed by atoms with van der Waals surface area (Å²) in [5.74, 6) is -0.767. The Labute approximate surface area is 133 Å². The van der Waals surface area contributed by atoms with Gasteiger partial charge in [0.1, 0.15) is 0 Å². The number of aryl methyl sites for hydroxylation is 1. The highest BCUT2D eigenvalue weighted by molar-refractivity contribution is 5.97. The molecule has 6 nitrogen and oxygen atoms in total. The second-order valence-corrected chi connectivity index (χ2v) is 5.33. The van der Waals surface area contributed by atoms with Crippen LogP contribution in [0.5, 0.6) is 0 Å². The van der Waals surface area contributed by atoms with Crippen molar-refractivity contribution < 1.29 is 14.8 Å². The molecule has 6 heteroatoms. The predicted molar refractivity (Wildman–Crippen MR) is 86.6 cm³/mol. The number of carbonyl (C=O) groups is 1. The molecule has 0 fully saturated rings. The summed E-state index contributed by atoms with van der Waals surface area (Å²) in [6.07, 6.45) is 0.337. The Kier molecular flexibility index (Phi) is 5.43. The van der Waals surface area contributed by atoms with E-state index in [0.717, 1.165) is 5.56 Å². The van der Waals surface area contributed by atoms with Gasteiger partial charge in [0.15, 0.2) is 0 Å². The minimum absolute atomic E-state index is 0.0311. The van der Waals surface area contributed by atoms with Gasteiger partial charge in [0.05, 0.1) is 0 Å². The molecule has 0 spiro atoms. The van der Waals surface area contributed by atoms with Gasteiger partial charge in [-0.3, -0.25) is 14.9 Å².